The molecule has 0 aliphatic carbocycles. The van der Waals surface area contributed by atoms with Crippen molar-refractivity contribution in [3.05, 3.63) is 72.6 Å². The molecule has 5 nitrogen and oxygen atoms in total. The first-order chi connectivity index (χ1) is 11.3. The van der Waals surface area contributed by atoms with Gasteiger partial charge in [0, 0.05) is 6.20 Å². The van der Waals surface area contributed by atoms with Gasteiger partial charge in [-0.05, 0) is 42.5 Å². The molecule has 1 N–H and O–H groups in total. The molecule has 0 amide bonds. The van der Waals surface area contributed by atoms with Gasteiger partial charge in [0.15, 0.2) is 0 Å². The molecule has 0 spiro atoms. The average Bonchev–Trinajstić information content (AvgIpc) is 3.09. The van der Waals surface area contributed by atoms with Crippen molar-refractivity contribution in [3.8, 4) is 17.2 Å². The zero-order valence-corrected chi connectivity index (χ0v) is 12.6. The second-order valence-electron chi connectivity index (χ2n) is 4.92. The van der Waals surface area contributed by atoms with E-state index in [2.05, 4.69) is 5.10 Å². The van der Waals surface area contributed by atoms with E-state index >= 15 is 0 Å². The second-order valence-corrected chi connectivity index (χ2v) is 4.92. The first-order valence-electron chi connectivity index (χ1n) is 7.41. The summed E-state index contributed by atoms with van der Waals surface area (Å²) in [6.07, 6.45) is 1.92. The van der Waals surface area contributed by atoms with E-state index in [0.717, 1.165) is 17.1 Å². The highest BCUT2D eigenvalue weighted by Gasteiger charge is 2.02. The van der Waals surface area contributed by atoms with Gasteiger partial charge in [-0.1, -0.05) is 18.2 Å². The van der Waals surface area contributed by atoms with Crippen molar-refractivity contribution < 1.29 is 14.6 Å². The number of aromatic nitrogens is 2. The zero-order valence-electron chi connectivity index (χ0n) is 12.6. The van der Waals surface area contributed by atoms with Crippen molar-refractivity contribution in [1.29, 1.82) is 0 Å². The molecule has 0 bridgehead atoms. The highest BCUT2D eigenvalue weighted by atomic mass is 16.5. The third-order valence-electron chi connectivity index (χ3n) is 3.24. The number of rotatable bonds is 7. The number of benzene rings is 2. The lowest BCUT2D eigenvalue weighted by Gasteiger charge is -2.07. The number of hydrogen-bond acceptors (Lipinski definition) is 4. The highest BCUT2D eigenvalue weighted by Crippen LogP contribution is 2.18. The molecule has 0 aliphatic rings. The van der Waals surface area contributed by atoms with Crippen LogP contribution >= 0.6 is 0 Å². The summed E-state index contributed by atoms with van der Waals surface area (Å²) in [5.74, 6) is 1.45. The Kier molecular flexibility index (Phi) is 4.91. The zero-order chi connectivity index (χ0) is 15.9. The molecule has 2 aromatic carbocycles. The Hall–Kier alpha value is -2.79. The topological polar surface area (TPSA) is 56.5 Å². The fourth-order valence-corrected chi connectivity index (χ4v) is 2.12. The molecule has 0 saturated carbocycles. The van der Waals surface area contributed by atoms with E-state index in [1.165, 1.54) is 0 Å². The maximum absolute atomic E-state index is 8.72. The van der Waals surface area contributed by atoms with Crippen LogP contribution in [0.4, 0.5) is 0 Å². The predicted molar refractivity (Wildman–Crippen MR) is 86.9 cm³/mol. The van der Waals surface area contributed by atoms with Crippen LogP contribution < -0.4 is 9.47 Å². The largest absolute Gasteiger partial charge is 0.491 e. The molecule has 0 atom stereocenters. The van der Waals surface area contributed by atoms with Crippen molar-refractivity contribution in [2.45, 2.75) is 6.61 Å². The summed E-state index contributed by atoms with van der Waals surface area (Å²) in [7, 11) is 0. The Labute approximate surface area is 134 Å². The van der Waals surface area contributed by atoms with Crippen LogP contribution in [0.2, 0.25) is 0 Å². The van der Waals surface area contributed by atoms with E-state index in [-0.39, 0.29) is 13.2 Å². The molecule has 3 rings (SSSR count). The Morgan fingerprint density at radius 2 is 1.57 bits per heavy atom. The van der Waals surface area contributed by atoms with Crippen molar-refractivity contribution >= 4 is 0 Å². The second kappa shape index (κ2) is 7.47. The Bertz CT molecular complexity index is 724. The number of nitrogens with zero attached hydrogens (tertiary/aromatic N) is 2. The minimum absolute atomic E-state index is 0.00231. The van der Waals surface area contributed by atoms with Crippen molar-refractivity contribution in [2.75, 3.05) is 13.2 Å². The first-order valence-corrected chi connectivity index (χ1v) is 7.41. The van der Waals surface area contributed by atoms with E-state index in [1.807, 2.05) is 71.5 Å². The summed E-state index contributed by atoms with van der Waals surface area (Å²) in [6.45, 7) is 0.691. The smallest absolute Gasteiger partial charge is 0.132 e. The van der Waals surface area contributed by atoms with Gasteiger partial charge >= 0.3 is 0 Å². The quantitative estimate of drug-likeness (QED) is 0.729. The number of aliphatic hydroxyl groups is 1. The fraction of sp³-hybridized carbons (Fsp3) is 0.167. The van der Waals surface area contributed by atoms with Gasteiger partial charge in [-0.2, -0.15) is 5.10 Å². The van der Waals surface area contributed by atoms with Gasteiger partial charge in [-0.25, -0.2) is 4.68 Å². The summed E-state index contributed by atoms with van der Waals surface area (Å²) < 4.78 is 12.8. The Morgan fingerprint density at radius 1 is 0.870 bits per heavy atom. The third-order valence-corrected chi connectivity index (χ3v) is 3.24. The van der Waals surface area contributed by atoms with Crippen LogP contribution in [0.5, 0.6) is 11.5 Å². The molecular formula is C18H18N2O3. The fourth-order valence-electron chi connectivity index (χ4n) is 2.12. The van der Waals surface area contributed by atoms with E-state index in [1.54, 1.807) is 0 Å². The Balaban J connectivity index is 1.57. The third kappa shape index (κ3) is 4.11. The molecule has 0 unspecified atom stereocenters. The van der Waals surface area contributed by atoms with Crippen LogP contribution in [0.25, 0.3) is 5.69 Å². The lowest BCUT2D eigenvalue weighted by atomic mass is 10.3. The number of aliphatic hydroxyl groups excluding tert-OH is 1. The van der Waals surface area contributed by atoms with Crippen LogP contribution in [-0.2, 0) is 6.61 Å². The average molecular weight is 310 g/mol. The SMILES string of the molecule is OCCOc1ccc(OCc2ccn(-c3ccccc3)n2)cc1. The molecule has 0 aliphatic heterocycles. The summed E-state index contributed by atoms with van der Waals surface area (Å²) in [5.41, 5.74) is 1.87. The van der Waals surface area contributed by atoms with Gasteiger partial charge in [0.2, 0.25) is 0 Å². The van der Waals surface area contributed by atoms with Crippen molar-refractivity contribution in [3.63, 3.8) is 0 Å². The standard InChI is InChI=1S/C18H18N2O3/c21-12-13-22-17-6-8-18(9-7-17)23-14-15-10-11-20(19-15)16-4-2-1-3-5-16/h1-11,21H,12-14H2. The molecule has 23 heavy (non-hydrogen) atoms. The maximum atomic E-state index is 8.72. The molecule has 0 radical (unpaired) electrons. The molecule has 1 aromatic heterocycles. The minimum atomic E-state index is 0.00231. The van der Waals surface area contributed by atoms with Gasteiger partial charge < -0.3 is 14.6 Å². The van der Waals surface area contributed by atoms with Crippen LogP contribution in [0.15, 0.2) is 66.9 Å². The molecule has 5 heteroatoms. The number of ether oxygens (including phenoxy) is 2. The molecule has 0 fully saturated rings. The van der Waals surface area contributed by atoms with Crippen molar-refractivity contribution in [1.82, 2.24) is 9.78 Å². The van der Waals surface area contributed by atoms with E-state index in [9.17, 15) is 0 Å². The normalized spacial score (nSPS) is 10.5. The van der Waals surface area contributed by atoms with E-state index < -0.39 is 0 Å². The van der Waals surface area contributed by atoms with Crippen molar-refractivity contribution in [2.24, 2.45) is 0 Å². The summed E-state index contributed by atoms with van der Waals surface area (Å²) in [5, 5.41) is 13.2. The first kappa shape index (κ1) is 15.1. The van der Waals surface area contributed by atoms with Gasteiger partial charge in [0.05, 0.1) is 12.3 Å². The van der Waals surface area contributed by atoms with E-state index in [4.69, 9.17) is 14.6 Å². The van der Waals surface area contributed by atoms with Crippen LogP contribution in [0, 0.1) is 0 Å². The van der Waals surface area contributed by atoms with E-state index in [0.29, 0.717) is 12.4 Å². The predicted octanol–water partition coefficient (Wildman–Crippen LogP) is 2.82. The number of hydrogen-bond donors (Lipinski definition) is 1. The van der Waals surface area contributed by atoms with Crippen LogP contribution in [0.1, 0.15) is 5.69 Å². The lowest BCUT2D eigenvalue weighted by Crippen LogP contribution is -2.02. The molecule has 3 aromatic rings. The number of para-hydroxylation sites is 1. The Morgan fingerprint density at radius 3 is 2.26 bits per heavy atom. The van der Waals surface area contributed by atoms with Gasteiger partial charge in [0.25, 0.3) is 0 Å². The summed E-state index contributed by atoms with van der Waals surface area (Å²) in [4.78, 5) is 0. The van der Waals surface area contributed by atoms with Gasteiger partial charge in [-0.15, -0.1) is 0 Å². The van der Waals surface area contributed by atoms with Crippen LogP contribution in [-0.4, -0.2) is 28.1 Å². The monoisotopic (exact) mass is 310 g/mol. The lowest BCUT2D eigenvalue weighted by molar-refractivity contribution is 0.201. The molecule has 1 heterocycles. The van der Waals surface area contributed by atoms with Crippen LogP contribution in [0.3, 0.4) is 0 Å². The molecule has 0 saturated heterocycles. The summed E-state index contributed by atoms with van der Waals surface area (Å²) in [6, 6.07) is 19.2. The van der Waals surface area contributed by atoms with Gasteiger partial charge in [0.1, 0.15) is 30.4 Å². The van der Waals surface area contributed by atoms with Gasteiger partial charge in [-0.3, -0.25) is 0 Å². The minimum Gasteiger partial charge on any atom is -0.491 e. The summed E-state index contributed by atoms with van der Waals surface area (Å²) >= 11 is 0. The maximum Gasteiger partial charge on any atom is 0.132 e. The highest BCUT2D eigenvalue weighted by molar-refractivity contribution is 5.32. The molecular weight excluding hydrogens is 292 g/mol. The molecule has 118 valence electrons.